The first-order valence-electron chi connectivity index (χ1n) is 7.14. The highest BCUT2D eigenvalue weighted by Crippen LogP contribution is 2.31. The number of amidine groups is 1. The molecule has 1 unspecified atom stereocenters. The van der Waals surface area contributed by atoms with E-state index in [0.29, 0.717) is 11.5 Å². The fraction of sp³-hybridized carbons (Fsp3) is 0.364. The van der Waals surface area contributed by atoms with Crippen LogP contribution in [0.5, 0.6) is 11.5 Å². The van der Waals surface area contributed by atoms with E-state index >= 15 is 0 Å². The van der Waals surface area contributed by atoms with Gasteiger partial charge in [-0.1, -0.05) is 12.1 Å². The van der Waals surface area contributed by atoms with Crippen molar-refractivity contribution in [2.24, 2.45) is 4.99 Å². The summed E-state index contributed by atoms with van der Waals surface area (Å²) >= 11 is 0. The molecule has 2 aliphatic rings. The molecule has 78 valence electrons. The van der Waals surface area contributed by atoms with Crippen molar-refractivity contribution in [1.82, 2.24) is 5.32 Å². The number of rotatable bonds is 1. The van der Waals surface area contributed by atoms with Gasteiger partial charge in [0.1, 0.15) is 12.4 Å². The molecule has 0 saturated heterocycles. The normalized spacial score (nSPS) is 36.3. The van der Waals surface area contributed by atoms with Crippen LogP contribution in [0.25, 0.3) is 0 Å². The van der Waals surface area contributed by atoms with Crippen LogP contribution < -0.4 is 14.8 Å². The molecule has 0 aliphatic carbocycles. The predicted molar refractivity (Wildman–Crippen MR) is 56.7 cm³/mol. The number of hydrogen-bond donors (Lipinski definition) is 1. The highest BCUT2D eigenvalue weighted by atomic mass is 16.6. The van der Waals surface area contributed by atoms with Crippen LogP contribution in [0.15, 0.2) is 29.2 Å². The second kappa shape index (κ2) is 3.46. The highest BCUT2D eigenvalue weighted by molar-refractivity contribution is 5.88. The van der Waals surface area contributed by atoms with Crippen molar-refractivity contribution in [3.63, 3.8) is 0 Å². The summed E-state index contributed by atoms with van der Waals surface area (Å²) in [6.45, 7) is -3.06. The maximum Gasteiger partial charge on any atom is 0.189 e. The molecular weight excluding hydrogens is 192 g/mol. The molecule has 1 aromatic carbocycles. The van der Waals surface area contributed by atoms with E-state index in [1.807, 2.05) is 0 Å². The smallest absolute Gasteiger partial charge is 0.189 e. The van der Waals surface area contributed by atoms with Crippen LogP contribution in [0.2, 0.25) is 0 Å². The molecule has 3 rings (SSSR count). The highest BCUT2D eigenvalue weighted by Gasteiger charge is 2.26. The lowest BCUT2D eigenvalue weighted by atomic mass is 10.2. The van der Waals surface area contributed by atoms with Gasteiger partial charge in [0.15, 0.2) is 17.6 Å². The summed E-state index contributed by atoms with van der Waals surface area (Å²) in [6.07, 6.45) is -0.649. The van der Waals surface area contributed by atoms with E-state index in [4.69, 9.17) is 16.3 Å². The maximum absolute atomic E-state index is 7.57. The predicted octanol–water partition coefficient (Wildman–Crippen LogP) is 0.828. The molecule has 0 aromatic heterocycles. The van der Waals surface area contributed by atoms with E-state index in [-0.39, 0.29) is 24.5 Å². The van der Waals surface area contributed by atoms with Crippen molar-refractivity contribution < 1.29 is 16.3 Å². The Hall–Kier alpha value is -1.71. The Bertz CT molecular complexity index is 592. The van der Waals surface area contributed by atoms with Gasteiger partial charge in [-0.05, 0) is 12.1 Å². The van der Waals surface area contributed by atoms with Crippen LogP contribution in [-0.4, -0.2) is 31.6 Å². The second-order valence-electron chi connectivity index (χ2n) is 3.14. The minimum absolute atomic E-state index is 0.0167. The topological polar surface area (TPSA) is 42.8 Å². The first-order valence-corrected chi connectivity index (χ1v) is 4.56. The van der Waals surface area contributed by atoms with Gasteiger partial charge in [-0.2, -0.15) is 0 Å². The van der Waals surface area contributed by atoms with Crippen LogP contribution in [-0.2, 0) is 0 Å². The van der Waals surface area contributed by atoms with Crippen LogP contribution in [0.1, 0.15) is 6.85 Å². The van der Waals surface area contributed by atoms with Gasteiger partial charge in [0.05, 0.1) is 13.4 Å². The largest absolute Gasteiger partial charge is 0.485 e. The summed E-state index contributed by atoms with van der Waals surface area (Å²) in [7, 11) is 0. The van der Waals surface area contributed by atoms with Gasteiger partial charge in [0, 0.05) is 6.52 Å². The third-order valence-electron chi connectivity index (χ3n) is 2.17. The molecule has 0 saturated carbocycles. The van der Waals surface area contributed by atoms with Gasteiger partial charge < -0.3 is 14.8 Å². The lowest BCUT2D eigenvalue weighted by Crippen LogP contribution is -2.42. The third-order valence-corrected chi connectivity index (χ3v) is 2.17. The SMILES string of the molecule is [2H]c1cc2c(cc1[2H])OC(C1=NC([2H])([2H])[C@@H]([2H])N1)CO2. The van der Waals surface area contributed by atoms with E-state index in [0.717, 1.165) is 0 Å². The zero-order valence-corrected chi connectivity index (χ0v) is 7.78. The molecule has 2 aliphatic heterocycles. The van der Waals surface area contributed by atoms with Gasteiger partial charge in [-0.3, -0.25) is 4.99 Å². The zero-order valence-electron chi connectivity index (χ0n) is 12.8. The molecule has 2 heterocycles. The summed E-state index contributed by atoms with van der Waals surface area (Å²) < 4.78 is 48.8. The fourth-order valence-corrected chi connectivity index (χ4v) is 1.45. The summed E-state index contributed by atoms with van der Waals surface area (Å²) in [6, 6.07) is 2.85. The number of nitrogens with one attached hydrogen (secondary N) is 1. The van der Waals surface area contributed by atoms with Crippen LogP contribution in [0.4, 0.5) is 0 Å². The van der Waals surface area contributed by atoms with Crippen molar-refractivity contribution in [2.75, 3.05) is 19.6 Å². The molecule has 1 aromatic rings. The number of fused-ring (bicyclic) bond motifs is 1. The first kappa shape index (κ1) is 4.88. The summed E-state index contributed by atoms with van der Waals surface area (Å²) in [5, 5.41) is 2.62. The molecule has 0 amide bonds. The number of ether oxygens (including phenoxy) is 2. The molecule has 15 heavy (non-hydrogen) atoms. The Kier molecular flexibility index (Phi) is 1.12. The fourth-order valence-electron chi connectivity index (χ4n) is 1.45. The Labute approximate surface area is 94.9 Å². The van der Waals surface area contributed by atoms with Crippen LogP contribution in [0.3, 0.4) is 0 Å². The summed E-state index contributed by atoms with van der Waals surface area (Å²) in [5.41, 5.74) is 0. The van der Waals surface area contributed by atoms with Gasteiger partial charge >= 0.3 is 0 Å². The quantitative estimate of drug-likeness (QED) is 0.745. The Morgan fingerprint density at radius 1 is 1.47 bits per heavy atom. The van der Waals surface area contributed by atoms with Crippen molar-refractivity contribution in [3.8, 4) is 11.5 Å². The van der Waals surface area contributed by atoms with E-state index in [9.17, 15) is 0 Å². The van der Waals surface area contributed by atoms with Gasteiger partial charge in [0.25, 0.3) is 0 Å². The van der Waals surface area contributed by atoms with E-state index in [2.05, 4.69) is 10.3 Å². The van der Waals surface area contributed by atoms with E-state index < -0.39 is 19.1 Å². The second-order valence-corrected chi connectivity index (χ2v) is 3.14. The molecule has 0 spiro atoms. The number of benzene rings is 1. The zero-order chi connectivity index (χ0) is 14.5. The minimum atomic E-state index is -2.00. The average Bonchev–Trinajstić information content (AvgIpc) is 2.65. The van der Waals surface area contributed by atoms with Gasteiger partial charge in [-0.15, -0.1) is 0 Å². The Morgan fingerprint density at radius 3 is 3.13 bits per heavy atom. The Morgan fingerprint density at radius 2 is 2.33 bits per heavy atom. The average molecular weight is 209 g/mol. The molecule has 0 fully saturated rings. The van der Waals surface area contributed by atoms with E-state index in [1.54, 1.807) is 0 Å². The number of para-hydroxylation sites is 2. The maximum atomic E-state index is 7.57. The Balaban J connectivity index is 1.85. The lowest BCUT2D eigenvalue weighted by Gasteiger charge is -2.26. The third kappa shape index (κ3) is 1.52. The number of aliphatic imine (C=N–C) groups is 1. The van der Waals surface area contributed by atoms with Crippen LogP contribution >= 0.6 is 0 Å². The molecule has 2 atom stereocenters. The van der Waals surface area contributed by atoms with Gasteiger partial charge in [-0.25, -0.2) is 0 Å². The molecule has 1 N–H and O–H groups in total. The number of nitrogens with zero attached hydrogens (tertiary/aromatic N) is 1. The van der Waals surface area contributed by atoms with Crippen molar-refractivity contribution >= 4 is 5.84 Å². The standard InChI is InChI=1S/C11H12N2O2/c1-2-4-9-8(3-1)14-7-10(15-9)11-12-5-6-13-11/h1-4,10H,5-7H2,(H,12,13)/i1D,2D,5D,6D2/t5-,10?/m1/s1. The van der Waals surface area contributed by atoms with E-state index in [1.165, 1.54) is 12.1 Å². The summed E-state index contributed by atoms with van der Waals surface area (Å²) in [4.78, 5) is 3.80. The van der Waals surface area contributed by atoms with Gasteiger partial charge in [0.2, 0.25) is 0 Å². The molecule has 4 heteroatoms. The molecule has 0 radical (unpaired) electrons. The van der Waals surface area contributed by atoms with Crippen molar-refractivity contribution in [2.45, 2.75) is 6.10 Å². The number of hydrogen-bond acceptors (Lipinski definition) is 4. The van der Waals surface area contributed by atoms with Crippen LogP contribution in [0, 0.1) is 0 Å². The van der Waals surface area contributed by atoms with Crippen molar-refractivity contribution in [1.29, 1.82) is 0 Å². The molecular formula is C11H12N2O2. The monoisotopic (exact) mass is 209 g/mol. The lowest BCUT2D eigenvalue weighted by molar-refractivity contribution is 0.133. The first-order chi connectivity index (χ1) is 9.37. The summed E-state index contributed by atoms with van der Waals surface area (Å²) in [5.74, 6) is 0.925. The minimum Gasteiger partial charge on any atom is -0.485 e. The molecule has 0 bridgehead atoms. The molecule has 4 nitrogen and oxygen atoms in total. The van der Waals surface area contributed by atoms with Crippen molar-refractivity contribution in [3.05, 3.63) is 24.2 Å².